The summed E-state index contributed by atoms with van der Waals surface area (Å²) in [6.07, 6.45) is 8.37. The Morgan fingerprint density at radius 3 is 1.13 bits per heavy atom. The molecule has 0 amide bonds. The molecule has 0 saturated heterocycles. The summed E-state index contributed by atoms with van der Waals surface area (Å²) in [4.78, 5) is 0. The first kappa shape index (κ1) is 51.1. The van der Waals surface area contributed by atoms with Gasteiger partial charge in [0.2, 0.25) is 0 Å². The van der Waals surface area contributed by atoms with Crippen LogP contribution < -0.4 is 0 Å². The standard InChI is InChI=1S/C40H34.C13H12.C4H10.C3H8.C2H6.CH4/c1-3-30-18-20-34(21-19-30)36-26-27-37(39-17-11-10-16-38(36)39)35-24-22-31(23-25-35)29(2)28-40(32-12-6-4-7-13-32)33-14-8-5-9-15-33;1-3-7-12(8-4-1)11-13-9-5-2-6-10-13;1-3-4-2;1-3-2;1-2;/h4-28,40H,3H2,1-2H3;1-10H,11H2;3-4H2,1-2H3;3H2,1-2H3;1-2H3;1H4/b29-28+;;;;;. The number of allylic oxidation sites excluding steroid dienone is 2. The van der Waals surface area contributed by atoms with Crippen LogP contribution in [0, 0.1) is 0 Å². The highest BCUT2D eigenvalue weighted by molar-refractivity contribution is 6.05. The Bertz CT molecular complexity index is 2330. The lowest BCUT2D eigenvalue weighted by molar-refractivity contribution is 0.886. The second kappa shape index (κ2) is 29.1. The Balaban J connectivity index is 0.000000380. The molecule has 0 aromatic heterocycles. The van der Waals surface area contributed by atoms with E-state index in [1.807, 2.05) is 13.8 Å². The topological polar surface area (TPSA) is 0 Å². The van der Waals surface area contributed by atoms with Crippen molar-refractivity contribution in [2.24, 2.45) is 0 Å². The van der Waals surface area contributed by atoms with E-state index in [0.717, 1.165) is 12.8 Å². The lowest BCUT2D eigenvalue weighted by Crippen LogP contribution is -1.98. The Labute approximate surface area is 383 Å². The lowest BCUT2D eigenvalue weighted by Gasteiger charge is -2.16. The summed E-state index contributed by atoms with van der Waals surface area (Å²) in [6.45, 7) is 17.0. The Hall–Kier alpha value is -6.24. The van der Waals surface area contributed by atoms with Crippen molar-refractivity contribution in [3.8, 4) is 22.3 Å². The molecule has 326 valence electrons. The van der Waals surface area contributed by atoms with Gasteiger partial charge in [-0.3, -0.25) is 0 Å². The van der Waals surface area contributed by atoms with E-state index in [1.54, 1.807) is 0 Å². The third kappa shape index (κ3) is 15.9. The fourth-order valence-corrected chi connectivity index (χ4v) is 7.11. The van der Waals surface area contributed by atoms with Crippen LogP contribution in [0.1, 0.15) is 121 Å². The van der Waals surface area contributed by atoms with E-state index in [4.69, 9.17) is 0 Å². The number of hydrogen-bond acceptors (Lipinski definition) is 0. The minimum absolute atomic E-state index is 0. The van der Waals surface area contributed by atoms with Gasteiger partial charge in [-0.15, -0.1) is 0 Å². The molecule has 0 heterocycles. The molecular weight excluding hydrogens is 757 g/mol. The zero-order valence-electron chi connectivity index (χ0n) is 38.8. The molecule has 0 unspecified atom stereocenters. The SMILES string of the molecule is C.CC.CCC.CCCC.CCc1ccc(-c2ccc(-c3ccc(/C(C)=C/C(c4ccccc4)c4ccccc4)cc3)c3ccccc23)cc1.c1ccc(Cc2ccccc2)cc1. The van der Waals surface area contributed by atoms with Gasteiger partial charge in [0.25, 0.3) is 0 Å². The molecule has 0 fully saturated rings. The minimum atomic E-state index is 0. The van der Waals surface area contributed by atoms with Gasteiger partial charge in [-0.25, -0.2) is 0 Å². The van der Waals surface area contributed by atoms with Gasteiger partial charge in [0, 0.05) is 5.92 Å². The maximum absolute atomic E-state index is 2.40. The van der Waals surface area contributed by atoms with Crippen LogP contribution in [0.15, 0.2) is 212 Å². The first-order valence-electron chi connectivity index (χ1n) is 23.1. The summed E-state index contributed by atoms with van der Waals surface area (Å²) in [6, 6.07) is 74.0. The van der Waals surface area contributed by atoms with Crippen LogP contribution in [0.3, 0.4) is 0 Å². The fraction of sp³-hybridized carbons (Fsp3) is 0.238. The summed E-state index contributed by atoms with van der Waals surface area (Å²) >= 11 is 0. The van der Waals surface area contributed by atoms with E-state index in [9.17, 15) is 0 Å². The fourth-order valence-electron chi connectivity index (χ4n) is 7.11. The van der Waals surface area contributed by atoms with Crippen LogP contribution in [-0.2, 0) is 12.8 Å². The number of unbranched alkanes of at least 4 members (excludes halogenated alkanes) is 1. The van der Waals surface area contributed by atoms with Crippen molar-refractivity contribution < 1.29 is 0 Å². The number of hydrogen-bond donors (Lipinski definition) is 0. The van der Waals surface area contributed by atoms with Crippen molar-refractivity contribution in [1.82, 2.24) is 0 Å². The van der Waals surface area contributed by atoms with Crippen molar-refractivity contribution in [3.05, 3.63) is 246 Å². The van der Waals surface area contributed by atoms with Gasteiger partial charge in [0.1, 0.15) is 0 Å². The number of rotatable bonds is 10. The van der Waals surface area contributed by atoms with Gasteiger partial charge in [-0.2, -0.15) is 0 Å². The van der Waals surface area contributed by atoms with Gasteiger partial charge in [-0.1, -0.05) is 287 Å². The van der Waals surface area contributed by atoms with E-state index in [0.29, 0.717) is 0 Å². The molecule has 0 atom stereocenters. The highest BCUT2D eigenvalue weighted by Gasteiger charge is 2.13. The van der Waals surface area contributed by atoms with Crippen molar-refractivity contribution in [3.63, 3.8) is 0 Å². The van der Waals surface area contributed by atoms with E-state index in [2.05, 4.69) is 254 Å². The zero-order chi connectivity index (χ0) is 44.4. The lowest BCUT2D eigenvalue weighted by atomic mass is 9.88. The van der Waals surface area contributed by atoms with E-state index in [-0.39, 0.29) is 13.3 Å². The largest absolute Gasteiger partial charge is 0.0776 e. The molecule has 0 nitrogen and oxygen atoms in total. The van der Waals surface area contributed by atoms with Crippen molar-refractivity contribution in [1.29, 1.82) is 0 Å². The van der Waals surface area contributed by atoms with Crippen molar-refractivity contribution in [2.45, 2.75) is 101 Å². The molecular formula is C63H74. The average Bonchev–Trinajstić information content (AvgIpc) is 3.35. The predicted octanol–water partition coefficient (Wildman–Crippen LogP) is 19.1. The molecule has 0 spiro atoms. The average molecular weight is 831 g/mol. The van der Waals surface area contributed by atoms with Crippen LogP contribution in [-0.4, -0.2) is 0 Å². The molecule has 0 radical (unpaired) electrons. The Morgan fingerprint density at radius 2 is 0.762 bits per heavy atom. The van der Waals surface area contributed by atoms with Crippen LogP contribution in [0.5, 0.6) is 0 Å². The summed E-state index contributed by atoms with van der Waals surface area (Å²) in [5, 5.41) is 2.57. The summed E-state index contributed by atoms with van der Waals surface area (Å²) < 4.78 is 0. The van der Waals surface area contributed by atoms with Crippen LogP contribution in [0.4, 0.5) is 0 Å². The highest BCUT2D eigenvalue weighted by Crippen LogP contribution is 2.37. The minimum Gasteiger partial charge on any atom is -0.0776 e. The van der Waals surface area contributed by atoms with Crippen LogP contribution in [0.2, 0.25) is 0 Å². The maximum Gasteiger partial charge on any atom is 0.0275 e. The highest BCUT2D eigenvalue weighted by atomic mass is 14.2. The predicted molar refractivity (Wildman–Crippen MR) is 283 cm³/mol. The van der Waals surface area contributed by atoms with Gasteiger partial charge in [0.05, 0.1) is 0 Å². The number of benzene rings is 8. The molecule has 8 aromatic rings. The molecule has 0 bridgehead atoms. The molecule has 8 rings (SSSR count). The monoisotopic (exact) mass is 831 g/mol. The second-order valence-electron chi connectivity index (χ2n) is 15.3. The van der Waals surface area contributed by atoms with Crippen LogP contribution in [0.25, 0.3) is 38.6 Å². The summed E-state index contributed by atoms with van der Waals surface area (Å²) in [5.41, 5.74) is 14.3. The normalized spacial score (nSPS) is 10.3. The van der Waals surface area contributed by atoms with Gasteiger partial charge in [-0.05, 0) is 91.7 Å². The third-order valence-electron chi connectivity index (χ3n) is 10.6. The molecule has 0 aliphatic rings. The van der Waals surface area contributed by atoms with Gasteiger partial charge in [0.15, 0.2) is 0 Å². The van der Waals surface area contributed by atoms with E-state index >= 15 is 0 Å². The maximum atomic E-state index is 2.40. The summed E-state index contributed by atoms with van der Waals surface area (Å²) in [5.74, 6) is 0.213. The number of aryl methyl sites for hydroxylation is 1. The molecule has 63 heavy (non-hydrogen) atoms. The number of fused-ring (bicyclic) bond motifs is 1. The zero-order valence-corrected chi connectivity index (χ0v) is 38.8. The summed E-state index contributed by atoms with van der Waals surface area (Å²) in [7, 11) is 0. The first-order valence-corrected chi connectivity index (χ1v) is 23.1. The van der Waals surface area contributed by atoms with Gasteiger partial charge < -0.3 is 0 Å². The van der Waals surface area contributed by atoms with Crippen molar-refractivity contribution >= 4 is 16.3 Å². The Kier molecular flexibility index (Phi) is 23.6. The molecule has 8 aromatic carbocycles. The smallest absolute Gasteiger partial charge is 0.0275 e. The Morgan fingerprint density at radius 1 is 0.413 bits per heavy atom. The molecule has 0 saturated carbocycles. The van der Waals surface area contributed by atoms with Crippen molar-refractivity contribution in [2.75, 3.05) is 0 Å². The first-order chi connectivity index (χ1) is 30.5. The molecule has 0 N–H and O–H groups in total. The van der Waals surface area contributed by atoms with Gasteiger partial charge >= 0.3 is 0 Å². The second-order valence-corrected chi connectivity index (χ2v) is 15.3. The van der Waals surface area contributed by atoms with E-state index in [1.165, 1.54) is 91.2 Å². The van der Waals surface area contributed by atoms with Crippen LogP contribution >= 0.6 is 0 Å². The molecule has 0 aliphatic carbocycles. The van der Waals surface area contributed by atoms with E-state index < -0.39 is 0 Å². The third-order valence-corrected chi connectivity index (χ3v) is 10.6. The molecule has 0 aliphatic heterocycles. The molecule has 0 heteroatoms. The quantitative estimate of drug-likeness (QED) is 0.129.